The zero-order valence-electron chi connectivity index (χ0n) is 13.0. The molecule has 3 rings (SSSR count). The van der Waals surface area contributed by atoms with Crippen LogP contribution < -0.4 is 5.32 Å². The normalized spacial score (nSPS) is 15.4. The Bertz CT molecular complexity index is 824. The lowest BCUT2D eigenvalue weighted by Gasteiger charge is -2.12. The lowest BCUT2D eigenvalue weighted by atomic mass is 10.2. The van der Waals surface area contributed by atoms with Gasteiger partial charge >= 0.3 is 0 Å². The van der Waals surface area contributed by atoms with Crippen LogP contribution in [0.15, 0.2) is 53.4 Å². The smallest absolute Gasteiger partial charge is 0.255 e. The standard InChI is InChI=1S/C18H18INO3S/c19-14-7-5-13(6-8-14)18(21)20-15-9-11-17(12-10-15)24(22,23)16-3-1-2-4-16/h5-12,16H,1-4H2,(H,20,21). The maximum atomic E-state index is 12.5. The van der Waals surface area contributed by atoms with Gasteiger partial charge in [0.1, 0.15) is 0 Å². The van der Waals surface area contributed by atoms with E-state index in [1.165, 1.54) is 0 Å². The molecule has 0 saturated heterocycles. The third-order valence-corrected chi connectivity index (χ3v) is 7.29. The van der Waals surface area contributed by atoms with Gasteiger partial charge in [0, 0.05) is 14.8 Å². The summed E-state index contributed by atoms with van der Waals surface area (Å²) in [5, 5.41) is 2.53. The number of carbonyl (C=O) groups is 1. The van der Waals surface area contributed by atoms with Crippen molar-refractivity contribution in [2.24, 2.45) is 0 Å². The van der Waals surface area contributed by atoms with E-state index in [1.54, 1.807) is 36.4 Å². The molecule has 0 unspecified atom stereocenters. The Hall–Kier alpha value is -1.41. The molecule has 1 fully saturated rings. The van der Waals surface area contributed by atoms with E-state index in [4.69, 9.17) is 0 Å². The molecule has 6 heteroatoms. The fourth-order valence-corrected chi connectivity index (χ4v) is 5.14. The third-order valence-electron chi connectivity index (χ3n) is 4.29. The largest absolute Gasteiger partial charge is 0.322 e. The van der Waals surface area contributed by atoms with Gasteiger partial charge in [-0.2, -0.15) is 0 Å². The second-order valence-corrected chi connectivity index (χ2v) is 9.41. The Balaban J connectivity index is 1.72. The molecule has 24 heavy (non-hydrogen) atoms. The zero-order valence-corrected chi connectivity index (χ0v) is 16.0. The van der Waals surface area contributed by atoms with Crippen LogP contribution in [-0.4, -0.2) is 19.6 Å². The van der Waals surface area contributed by atoms with Gasteiger partial charge in [-0.3, -0.25) is 4.79 Å². The Morgan fingerprint density at radius 2 is 1.54 bits per heavy atom. The van der Waals surface area contributed by atoms with Crippen molar-refractivity contribution >= 4 is 44.0 Å². The molecule has 1 aliphatic carbocycles. The highest BCUT2D eigenvalue weighted by Gasteiger charge is 2.30. The molecule has 2 aromatic carbocycles. The number of hydrogen-bond acceptors (Lipinski definition) is 3. The van der Waals surface area contributed by atoms with Gasteiger partial charge in [-0.15, -0.1) is 0 Å². The lowest BCUT2D eigenvalue weighted by molar-refractivity contribution is 0.102. The minimum atomic E-state index is -3.25. The van der Waals surface area contributed by atoms with Crippen LogP contribution in [0, 0.1) is 3.57 Å². The summed E-state index contributed by atoms with van der Waals surface area (Å²) in [6.07, 6.45) is 3.45. The van der Waals surface area contributed by atoms with E-state index in [-0.39, 0.29) is 11.2 Å². The Morgan fingerprint density at radius 1 is 0.958 bits per heavy atom. The SMILES string of the molecule is O=C(Nc1ccc(S(=O)(=O)C2CCCC2)cc1)c1ccc(I)cc1. The van der Waals surface area contributed by atoms with Crippen LogP contribution in [-0.2, 0) is 9.84 Å². The van der Waals surface area contributed by atoms with Crippen molar-refractivity contribution in [2.75, 3.05) is 5.32 Å². The number of carbonyl (C=O) groups excluding carboxylic acids is 1. The number of nitrogens with one attached hydrogen (secondary N) is 1. The summed E-state index contributed by atoms with van der Waals surface area (Å²) in [7, 11) is -3.25. The predicted octanol–water partition coefficient (Wildman–Crippen LogP) is 4.26. The molecule has 0 spiro atoms. The first-order valence-corrected chi connectivity index (χ1v) is 10.5. The zero-order chi connectivity index (χ0) is 17.2. The number of rotatable bonds is 4. The molecule has 2 aromatic rings. The molecule has 0 aromatic heterocycles. The summed E-state index contributed by atoms with van der Waals surface area (Å²) in [5.74, 6) is -0.210. The molecule has 1 aliphatic rings. The molecule has 126 valence electrons. The molecule has 0 radical (unpaired) electrons. The van der Waals surface area contributed by atoms with Crippen molar-refractivity contribution in [3.8, 4) is 0 Å². The summed E-state index contributed by atoms with van der Waals surface area (Å²) in [5.41, 5.74) is 1.15. The van der Waals surface area contributed by atoms with Gasteiger partial charge in [0.25, 0.3) is 5.91 Å². The highest BCUT2D eigenvalue weighted by atomic mass is 127. The van der Waals surface area contributed by atoms with E-state index in [0.29, 0.717) is 16.1 Å². The highest BCUT2D eigenvalue weighted by Crippen LogP contribution is 2.30. The van der Waals surface area contributed by atoms with E-state index >= 15 is 0 Å². The van der Waals surface area contributed by atoms with Crippen LogP contribution in [0.3, 0.4) is 0 Å². The van der Waals surface area contributed by atoms with E-state index in [2.05, 4.69) is 27.9 Å². The molecular formula is C18H18INO3S. The second-order valence-electron chi connectivity index (χ2n) is 5.94. The van der Waals surface area contributed by atoms with Crippen LogP contribution in [0.1, 0.15) is 36.0 Å². The van der Waals surface area contributed by atoms with Crippen LogP contribution >= 0.6 is 22.6 Å². The van der Waals surface area contributed by atoms with E-state index in [9.17, 15) is 13.2 Å². The average Bonchev–Trinajstić information content (AvgIpc) is 3.11. The van der Waals surface area contributed by atoms with Gasteiger partial charge in [-0.25, -0.2) is 8.42 Å². The maximum absolute atomic E-state index is 12.5. The summed E-state index contributed by atoms with van der Waals surface area (Å²) >= 11 is 2.18. The number of sulfone groups is 1. The minimum Gasteiger partial charge on any atom is -0.322 e. The third kappa shape index (κ3) is 3.80. The summed E-state index contributed by atoms with van der Waals surface area (Å²) in [6, 6.07) is 13.7. The minimum absolute atomic E-state index is 0.210. The van der Waals surface area contributed by atoms with E-state index in [1.807, 2.05) is 12.1 Å². The van der Waals surface area contributed by atoms with Crippen molar-refractivity contribution < 1.29 is 13.2 Å². The molecule has 1 saturated carbocycles. The van der Waals surface area contributed by atoms with Gasteiger partial charge in [-0.05, 0) is 84.0 Å². The maximum Gasteiger partial charge on any atom is 0.255 e. The Kier molecular flexibility index (Phi) is 5.24. The number of benzene rings is 2. The molecule has 0 heterocycles. The first kappa shape index (κ1) is 17.4. The molecule has 0 aliphatic heterocycles. The summed E-state index contributed by atoms with van der Waals surface area (Å²) < 4.78 is 26.1. The quantitative estimate of drug-likeness (QED) is 0.701. The van der Waals surface area contributed by atoms with Crippen molar-refractivity contribution in [1.82, 2.24) is 0 Å². The average molecular weight is 455 g/mol. The second kappa shape index (κ2) is 7.23. The number of hydrogen-bond donors (Lipinski definition) is 1. The summed E-state index contributed by atoms with van der Waals surface area (Å²) in [6.45, 7) is 0. The van der Waals surface area contributed by atoms with Crippen LogP contribution in [0.2, 0.25) is 0 Å². The first-order chi connectivity index (χ1) is 11.5. The van der Waals surface area contributed by atoms with E-state index in [0.717, 1.165) is 29.3 Å². The van der Waals surface area contributed by atoms with Gasteiger partial charge in [0.2, 0.25) is 0 Å². The number of anilines is 1. The molecule has 1 amide bonds. The van der Waals surface area contributed by atoms with Gasteiger partial charge in [0.05, 0.1) is 10.1 Å². The Labute approximate surface area is 155 Å². The van der Waals surface area contributed by atoms with Crippen molar-refractivity contribution in [2.45, 2.75) is 35.8 Å². The summed E-state index contributed by atoms with van der Waals surface area (Å²) in [4.78, 5) is 12.5. The van der Waals surface area contributed by atoms with Crippen LogP contribution in [0.4, 0.5) is 5.69 Å². The highest BCUT2D eigenvalue weighted by molar-refractivity contribution is 14.1. The fourth-order valence-electron chi connectivity index (χ4n) is 2.92. The lowest BCUT2D eigenvalue weighted by Crippen LogP contribution is -2.18. The Morgan fingerprint density at radius 3 is 2.12 bits per heavy atom. The van der Waals surface area contributed by atoms with Gasteiger partial charge < -0.3 is 5.32 Å². The molecule has 1 N–H and O–H groups in total. The monoisotopic (exact) mass is 455 g/mol. The van der Waals surface area contributed by atoms with Crippen LogP contribution in [0.5, 0.6) is 0 Å². The predicted molar refractivity (Wildman–Crippen MR) is 103 cm³/mol. The van der Waals surface area contributed by atoms with Crippen LogP contribution in [0.25, 0.3) is 0 Å². The van der Waals surface area contributed by atoms with E-state index < -0.39 is 9.84 Å². The van der Waals surface area contributed by atoms with Crippen molar-refractivity contribution in [3.63, 3.8) is 0 Å². The number of amides is 1. The van der Waals surface area contributed by atoms with Crippen molar-refractivity contribution in [1.29, 1.82) is 0 Å². The molecule has 0 bridgehead atoms. The first-order valence-electron chi connectivity index (χ1n) is 7.88. The molecular weight excluding hydrogens is 437 g/mol. The van der Waals surface area contributed by atoms with Gasteiger partial charge in [-0.1, -0.05) is 12.8 Å². The topological polar surface area (TPSA) is 63.2 Å². The van der Waals surface area contributed by atoms with Crippen molar-refractivity contribution in [3.05, 3.63) is 57.7 Å². The molecule has 4 nitrogen and oxygen atoms in total. The fraction of sp³-hybridized carbons (Fsp3) is 0.278. The van der Waals surface area contributed by atoms with Gasteiger partial charge in [0.15, 0.2) is 9.84 Å². The number of halogens is 1. The molecule has 0 atom stereocenters.